The molecular formula is C18H19FN2O2. The van der Waals surface area contributed by atoms with Crippen LogP contribution in [0.1, 0.15) is 26.3 Å². The van der Waals surface area contributed by atoms with Gasteiger partial charge in [-0.1, -0.05) is 45.0 Å². The summed E-state index contributed by atoms with van der Waals surface area (Å²) in [5.41, 5.74) is 1.60. The summed E-state index contributed by atoms with van der Waals surface area (Å²) in [6, 6.07) is 12.9. The summed E-state index contributed by atoms with van der Waals surface area (Å²) in [5.74, 6) is -2.37. The van der Waals surface area contributed by atoms with Crippen molar-refractivity contribution in [3.05, 3.63) is 59.9 Å². The molecule has 2 N–H and O–H groups in total. The van der Waals surface area contributed by atoms with E-state index in [0.717, 1.165) is 5.56 Å². The lowest BCUT2D eigenvalue weighted by Gasteiger charge is -2.19. The predicted molar refractivity (Wildman–Crippen MR) is 88.8 cm³/mol. The van der Waals surface area contributed by atoms with Crippen LogP contribution in [0.3, 0.4) is 0 Å². The third kappa shape index (κ3) is 4.39. The van der Waals surface area contributed by atoms with Gasteiger partial charge in [-0.25, -0.2) is 4.39 Å². The van der Waals surface area contributed by atoms with Crippen molar-refractivity contribution in [3.8, 4) is 0 Å². The van der Waals surface area contributed by atoms with Gasteiger partial charge in [-0.3, -0.25) is 9.59 Å². The quantitative estimate of drug-likeness (QED) is 0.830. The number of amides is 2. The van der Waals surface area contributed by atoms with Crippen LogP contribution in [0, 0.1) is 5.82 Å². The van der Waals surface area contributed by atoms with Gasteiger partial charge in [-0.15, -0.1) is 0 Å². The molecule has 0 saturated carbocycles. The van der Waals surface area contributed by atoms with E-state index in [0.29, 0.717) is 5.69 Å². The molecule has 0 aliphatic heterocycles. The number of para-hydroxylation sites is 1. The van der Waals surface area contributed by atoms with Gasteiger partial charge < -0.3 is 10.6 Å². The first kappa shape index (κ1) is 16.7. The lowest BCUT2D eigenvalue weighted by atomic mass is 9.87. The van der Waals surface area contributed by atoms with E-state index >= 15 is 0 Å². The minimum atomic E-state index is -0.921. The Labute approximate surface area is 134 Å². The van der Waals surface area contributed by atoms with Crippen LogP contribution in [-0.2, 0) is 15.0 Å². The highest BCUT2D eigenvalue weighted by atomic mass is 19.1. The van der Waals surface area contributed by atoms with Crippen molar-refractivity contribution in [2.75, 3.05) is 10.6 Å². The third-order valence-corrected chi connectivity index (χ3v) is 3.34. The number of benzene rings is 2. The molecule has 0 aliphatic rings. The van der Waals surface area contributed by atoms with Gasteiger partial charge >= 0.3 is 11.8 Å². The number of halogens is 1. The van der Waals surface area contributed by atoms with Crippen LogP contribution < -0.4 is 10.6 Å². The largest absolute Gasteiger partial charge is 0.318 e. The Balaban J connectivity index is 2.01. The number of hydrogen-bond donors (Lipinski definition) is 2. The molecule has 2 rings (SSSR count). The fourth-order valence-corrected chi connectivity index (χ4v) is 1.98. The van der Waals surface area contributed by atoms with Crippen LogP contribution in [0.15, 0.2) is 48.5 Å². The SMILES string of the molecule is CC(C)(C)c1ccc(NC(=O)C(=O)Nc2ccccc2F)cc1. The van der Waals surface area contributed by atoms with Gasteiger partial charge in [-0.05, 0) is 35.2 Å². The van der Waals surface area contributed by atoms with Crippen molar-refractivity contribution in [1.29, 1.82) is 0 Å². The van der Waals surface area contributed by atoms with Crippen LogP contribution in [0.2, 0.25) is 0 Å². The van der Waals surface area contributed by atoms with Crippen molar-refractivity contribution in [2.45, 2.75) is 26.2 Å². The monoisotopic (exact) mass is 314 g/mol. The molecule has 0 fully saturated rings. The van der Waals surface area contributed by atoms with Crippen molar-refractivity contribution in [1.82, 2.24) is 0 Å². The molecule has 120 valence electrons. The number of carbonyl (C=O) groups is 2. The molecule has 5 heteroatoms. The fourth-order valence-electron chi connectivity index (χ4n) is 1.98. The van der Waals surface area contributed by atoms with Crippen LogP contribution in [0.5, 0.6) is 0 Å². The fraction of sp³-hybridized carbons (Fsp3) is 0.222. The lowest BCUT2D eigenvalue weighted by molar-refractivity contribution is -0.133. The molecule has 0 heterocycles. The normalized spacial score (nSPS) is 11.0. The van der Waals surface area contributed by atoms with Crippen LogP contribution in [0.4, 0.5) is 15.8 Å². The molecule has 2 aromatic rings. The summed E-state index contributed by atoms with van der Waals surface area (Å²) in [7, 11) is 0. The highest BCUT2D eigenvalue weighted by molar-refractivity contribution is 6.43. The highest BCUT2D eigenvalue weighted by Crippen LogP contribution is 2.23. The zero-order valence-electron chi connectivity index (χ0n) is 13.3. The smallest absolute Gasteiger partial charge is 0.314 e. The first-order valence-corrected chi connectivity index (χ1v) is 7.25. The molecule has 0 aliphatic carbocycles. The zero-order valence-corrected chi connectivity index (χ0v) is 13.3. The zero-order chi connectivity index (χ0) is 17.0. The van der Waals surface area contributed by atoms with E-state index in [-0.39, 0.29) is 11.1 Å². The van der Waals surface area contributed by atoms with E-state index in [1.165, 1.54) is 18.2 Å². The molecule has 0 radical (unpaired) electrons. The van der Waals surface area contributed by atoms with Crippen LogP contribution in [-0.4, -0.2) is 11.8 Å². The van der Waals surface area contributed by atoms with E-state index in [1.807, 2.05) is 12.1 Å². The number of carbonyl (C=O) groups excluding carboxylic acids is 2. The van der Waals surface area contributed by atoms with E-state index < -0.39 is 17.6 Å². The average molecular weight is 314 g/mol. The highest BCUT2D eigenvalue weighted by Gasteiger charge is 2.17. The Bertz CT molecular complexity index is 719. The maximum atomic E-state index is 13.4. The summed E-state index contributed by atoms with van der Waals surface area (Å²) < 4.78 is 13.4. The van der Waals surface area contributed by atoms with Crippen LogP contribution in [0.25, 0.3) is 0 Å². The molecule has 23 heavy (non-hydrogen) atoms. The van der Waals surface area contributed by atoms with Gasteiger partial charge in [0.1, 0.15) is 5.82 Å². The summed E-state index contributed by atoms with van der Waals surface area (Å²) in [6.07, 6.45) is 0. The van der Waals surface area contributed by atoms with Gasteiger partial charge in [-0.2, -0.15) is 0 Å². The predicted octanol–water partition coefficient (Wildman–Crippen LogP) is 3.70. The second-order valence-corrected chi connectivity index (χ2v) is 6.22. The average Bonchev–Trinajstić information content (AvgIpc) is 2.49. The van der Waals surface area contributed by atoms with E-state index in [9.17, 15) is 14.0 Å². The molecule has 4 nitrogen and oxygen atoms in total. The maximum absolute atomic E-state index is 13.4. The van der Waals surface area contributed by atoms with Gasteiger partial charge in [0.15, 0.2) is 0 Å². The Morgan fingerprint density at radius 3 is 2.00 bits per heavy atom. The number of anilines is 2. The molecular weight excluding hydrogens is 295 g/mol. The Morgan fingerprint density at radius 2 is 1.43 bits per heavy atom. The second-order valence-electron chi connectivity index (χ2n) is 6.22. The molecule has 0 aromatic heterocycles. The molecule has 0 atom stereocenters. The number of nitrogens with one attached hydrogen (secondary N) is 2. The van der Waals surface area contributed by atoms with Crippen molar-refractivity contribution < 1.29 is 14.0 Å². The second kappa shape index (κ2) is 6.60. The number of hydrogen-bond acceptors (Lipinski definition) is 2. The molecule has 0 unspecified atom stereocenters. The van der Waals surface area contributed by atoms with Crippen LogP contribution >= 0.6 is 0 Å². The van der Waals surface area contributed by atoms with Gasteiger partial charge in [0.2, 0.25) is 0 Å². The Kier molecular flexibility index (Phi) is 4.79. The molecule has 0 bridgehead atoms. The topological polar surface area (TPSA) is 58.2 Å². The molecule has 2 amide bonds. The van der Waals surface area contributed by atoms with Gasteiger partial charge in [0.25, 0.3) is 0 Å². The standard InChI is InChI=1S/C18H19FN2O2/c1-18(2,3)12-8-10-13(11-9-12)20-16(22)17(23)21-15-7-5-4-6-14(15)19/h4-11H,1-3H3,(H,20,22)(H,21,23). The summed E-state index contributed by atoms with van der Waals surface area (Å²) >= 11 is 0. The Hall–Kier alpha value is -2.69. The summed E-state index contributed by atoms with van der Waals surface area (Å²) in [4.78, 5) is 23.7. The van der Waals surface area contributed by atoms with E-state index in [1.54, 1.807) is 18.2 Å². The number of rotatable bonds is 2. The van der Waals surface area contributed by atoms with Gasteiger partial charge in [0, 0.05) is 5.69 Å². The third-order valence-electron chi connectivity index (χ3n) is 3.34. The van der Waals surface area contributed by atoms with Crippen molar-refractivity contribution in [2.24, 2.45) is 0 Å². The minimum Gasteiger partial charge on any atom is -0.318 e. The first-order chi connectivity index (χ1) is 10.8. The van der Waals surface area contributed by atoms with E-state index in [2.05, 4.69) is 31.4 Å². The first-order valence-electron chi connectivity index (χ1n) is 7.25. The molecule has 0 spiro atoms. The molecule has 0 saturated heterocycles. The van der Waals surface area contributed by atoms with Crippen molar-refractivity contribution in [3.63, 3.8) is 0 Å². The van der Waals surface area contributed by atoms with Crippen molar-refractivity contribution >= 4 is 23.2 Å². The van der Waals surface area contributed by atoms with E-state index in [4.69, 9.17) is 0 Å². The maximum Gasteiger partial charge on any atom is 0.314 e. The minimum absolute atomic E-state index is 0.00471. The molecule has 2 aromatic carbocycles. The summed E-state index contributed by atoms with van der Waals surface area (Å²) in [6.45, 7) is 6.26. The lowest BCUT2D eigenvalue weighted by Crippen LogP contribution is -2.29. The Morgan fingerprint density at radius 1 is 0.870 bits per heavy atom. The summed E-state index contributed by atoms with van der Waals surface area (Å²) in [5, 5.41) is 4.73. The van der Waals surface area contributed by atoms with Gasteiger partial charge in [0.05, 0.1) is 5.69 Å².